The highest BCUT2D eigenvalue weighted by Gasteiger charge is 2.32. The van der Waals surface area contributed by atoms with Gasteiger partial charge in [-0.1, -0.05) is 18.2 Å². The number of carbonyl (C=O) groups is 2. The molecule has 1 aliphatic rings. The molecule has 1 atom stereocenters. The molecule has 8 heteroatoms. The molecular weight excluding hydrogens is 358 g/mol. The molecule has 148 valence electrons. The summed E-state index contributed by atoms with van der Waals surface area (Å²) in [5.41, 5.74) is 1.70. The second kappa shape index (κ2) is 9.27. The molecule has 1 aromatic heterocycles. The van der Waals surface area contributed by atoms with Crippen molar-refractivity contribution in [3.8, 4) is 5.75 Å². The van der Waals surface area contributed by atoms with E-state index >= 15 is 0 Å². The molecule has 0 spiro atoms. The van der Waals surface area contributed by atoms with Gasteiger partial charge in [0.1, 0.15) is 5.75 Å². The molecule has 2 heterocycles. The molecule has 0 unspecified atom stereocenters. The Hall–Kier alpha value is -3.00. The van der Waals surface area contributed by atoms with Crippen molar-refractivity contribution in [2.75, 3.05) is 27.2 Å². The molecule has 3 rings (SSSR count). The molecule has 0 saturated carbocycles. The van der Waals surface area contributed by atoms with Crippen LogP contribution in [0.15, 0.2) is 42.9 Å². The Kier molecular flexibility index (Phi) is 6.54. The van der Waals surface area contributed by atoms with Gasteiger partial charge in [0.05, 0.1) is 38.0 Å². The molecule has 1 aromatic carbocycles. The third kappa shape index (κ3) is 4.83. The molecule has 0 bridgehead atoms. The lowest BCUT2D eigenvalue weighted by Gasteiger charge is -2.35. The molecule has 2 amide bonds. The maximum atomic E-state index is 12.7. The average molecular weight is 383 g/mol. The van der Waals surface area contributed by atoms with Gasteiger partial charge in [0.15, 0.2) is 0 Å². The third-order valence-electron chi connectivity index (χ3n) is 4.82. The van der Waals surface area contributed by atoms with Gasteiger partial charge in [0.2, 0.25) is 11.8 Å². The highest BCUT2D eigenvalue weighted by atomic mass is 16.5. The number of aromatic nitrogens is 2. The first-order chi connectivity index (χ1) is 13.6. The first kappa shape index (κ1) is 19.8. The summed E-state index contributed by atoms with van der Waals surface area (Å²) in [5, 5.41) is 2.87. The lowest BCUT2D eigenvalue weighted by molar-refractivity contribution is -0.138. The van der Waals surface area contributed by atoms with Crippen molar-refractivity contribution in [1.82, 2.24) is 25.1 Å². The van der Waals surface area contributed by atoms with Gasteiger partial charge in [-0.3, -0.25) is 24.5 Å². The summed E-state index contributed by atoms with van der Waals surface area (Å²) in [4.78, 5) is 37.0. The van der Waals surface area contributed by atoms with Crippen molar-refractivity contribution in [1.29, 1.82) is 0 Å². The lowest BCUT2D eigenvalue weighted by Crippen LogP contribution is -2.56. The Morgan fingerprint density at radius 3 is 2.93 bits per heavy atom. The number of para-hydroxylation sites is 1. The van der Waals surface area contributed by atoms with Gasteiger partial charge in [0.25, 0.3) is 0 Å². The first-order valence-electron chi connectivity index (χ1n) is 9.21. The molecule has 2 aromatic rings. The van der Waals surface area contributed by atoms with E-state index in [1.165, 1.54) is 0 Å². The van der Waals surface area contributed by atoms with E-state index in [2.05, 4.69) is 15.3 Å². The minimum Gasteiger partial charge on any atom is -0.496 e. The SMILES string of the molecule is COc1ccccc1CN1CCNC(=O)[C@@H]1CC(=O)N(C)Cc1cnccn1. The van der Waals surface area contributed by atoms with E-state index < -0.39 is 6.04 Å². The van der Waals surface area contributed by atoms with E-state index in [0.717, 1.165) is 11.3 Å². The van der Waals surface area contributed by atoms with Gasteiger partial charge < -0.3 is 15.0 Å². The topological polar surface area (TPSA) is 87.7 Å². The largest absolute Gasteiger partial charge is 0.496 e. The van der Waals surface area contributed by atoms with Crippen molar-refractivity contribution in [2.24, 2.45) is 0 Å². The summed E-state index contributed by atoms with van der Waals surface area (Å²) in [6.07, 6.45) is 4.92. The Morgan fingerprint density at radius 2 is 2.18 bits per heavy atom. The van der Waals surface area contributed by atoms with Crippen LogP contribution in [0.1, 0.15) is 17.7 Å². The fraction of sp³-hybridized carbons (Fsp3) is 0.400. The van der Waals surface area contributed by atoms with Crippen LogP contribution in [0.25, 0.3) is 0 Å². The lowest BCUT2D eigenvalue weighted by atomic mass is 10.1. The third-order valence-corrected chi connectivity index (χ3v) is 4.82. The van der Waals surface area contributed by atoms with E-state index in [1.54, 1.807) is 37.6 Å². The maximum absolute atomic E-state index is 12.7. The summed E-state index contributed by atoms with van der Waals surface area (Å²) in [6, 6.07) is 7.21. The van der Waals surface area contributed by atoms with Gasteiger partial charge in [0, 0.05) is 44.6 Å². The molecule has 1 N–H and O–H groups in total. The summed E-state index contributed by atoms with van der Waals surface area (Å²) in [7, 11) is 3.34. The van der Waals surface area contributed by atoms with Crippen molar-refractivity contribution >= 4 is 11.8 Å². The van der Waals surface area contributed by atoms with E-state index in [4.69, 9.17) is 4.74 Å². The Morgan fingerprint density at radius 1 is 1.36 bits per heavy atom. The minimum absolute atomic E-state index is 0.109. The van der Waals surface area contributed by atoms with Crippen molar-refractivity contribution in [3.05, 3.63) is 54.1 Å². The first-order valence-corrected chi connectivity index (χ1v) is 9.21. The van der Waals surface area contributed by atoms with Crippen molar-refractivity contribution in [3.63, 3.8) is 0 Å². The molecule has 1 saturated heterocycles. The van der Waals surface area contributed by atoms with Crippen LogP contribution in [0.2, 0.25) is 0 Å². The summed E-state index contributed by atoms with van der Waals surface area (Å²) in [5.74, 6) is 0.540. The van der Waals surface area contributed by atoms with E-state index in [9.17, 15) is 9.59 Å². The molecule has 1 aliphatic heterocycles. The standard InChI is InChI=1S/C20H25N5O3/c1-24(14-16-12-21-7-8-22-16)19(26)11-17-20(27)23-9-10-25(17)13-15-5-3-4-6-18(15)28-2/h3-8,12,17H,9-11,13-14H2,1-2H3,(H,23,27)/t17-/m0/s1. The second-order valence-electron chi connectivity index (χ2n) is 6.74. The molecule has 1 fully saturated rings. The number of benzene rings is 1. The van der Waals surface area contributed by atoms with Crippen LogP contribution in [-0.2, 0) is 22.7 Å². The number of carbonyl (C=O) groups excluding carboxylic acids is 2. The zero-order chi connectivity index (χ0) is 19.9. The number of ether oxygens (including phenoxy) is 1. The summed E-state index contributed by atoms with van der Waals surface area (Å²) in [6.45, 7) is 2.14. The number of nitrogens with one attached hydrogen (secondary N) is 1. The average Bonchev–Trinajstić information content (AvgIpc) is 2.71. The number of hydrogen-bond acceptors (Lipinski definition) is 6. The van der Waals surface area contributed by atoms with Gasteiger partial charge in [-0.15, -0.1) is 0 Å². The van der Waals surface area contributed by atoms with Crippen LogP contribution in [0.3, 0.4) is 0 Å². The van der Waals surface area contributed by atoms with Crippen LogP contribution >= 0.6 is 0 Å². The van der Waals surface area contributed by atoms with Gasteiger partial charge in [-0.2, -0.15) is 0 Å². The van der Waals surface area contributed by atoms with Gasteiger partial charge >= 0.3 is 0 Å². The van der Waals surface area contributed by atoms with Crippen LogP contribution in [0, 0.1) is 0 Å². The molecule has 8 nitrogen and oxygen atoms in total. The quantitative estimate of drug-likeness (QED) is 0.762. The number of amides is 2. The summed E-state index contributed by atoms with van der Waals surface area (Å²) < 4.78 is 5.42. The molecule has 0 radical (unpaired) electrons. The molecular formula is C20H25N5O3. The Bertz CT molecular complexity index is 814. The smallest absolute Gasteiger partial charge is 0.237 e. The monoisotopic (exact) mass is 383 g/mol. The number of rotatable bonds is 7. The fourth-order valence-corrected chi connectivity index (χ4v) is 3.29. The normalized spacial score (nSPS) is 17.1. The van der Waals surface area contributed by atoms with Crippen LogP contribution in [0.5, 0.6) is 5.75 Å². The zero-order valence-electron chi connectivity index (χ0n) is 16.2. The number of hydrogen-bond donors (Lipinski definition) is 1. The van der Waals surface area contributed by atoms with Crippen molar-refractivity contribution < 1.29 is 14.3 Å². The maximum Gasteiger partial charge on any atom is 0.237 e. The number of nitrogens with zero attached hydrogens (tertiary/aromatic N) is 4. The second-order valence-corrected chi connectivity index (χ2v) is 6.74. The predicted octanol–water partition coefficient (Wildman–Crippen LogP) is 0.834. The van der Waals surface area contributed by atoms with Gasteiger partial charge in [-0.25, -0.2) is 0 Å². The zero-order valence-corrected chi connectivity index (χ0v) is 16.2. The number of piperazine rings is 1. The summed E-state index contributed by atoms with van der Waals surface area (Å²) >= 11 is 0. The molecule has 0 aliphatic carbocycles. The Labute approximate surface area is 164 Å². The minimum atomic E-state index is -0.518. The van der Waals surface area contributed by atoms with Crippen LogP contribution in [0.4, 0.5) is 0 Å². The van der Waals surface area contributed by atoms with Crippen LogP contribution < -0.4 is 10.1 Å². The van der Waals surface area contributed by atoms with Gasteiger partial charge in [-0.05, 0) is 6.07 Å². The number of methoxy groups -OCH3 is 1. The predicted molar refractivity (Wildman–Crippen MR) is 103 cm³/mol. The van der Waals surface area contributed by atoms with Crippen LogP contribution in [-0.4, -0.2) is 64.9 Å². The van der Waals surface area contributed by atoms with Crippen molar-refractivity contribution in [2.45, 2.75) is 25.6 Å². The van der Waals surface area contributed by atoms with E-state index in [1.807, 2.05) is 29.2 Å². The van der Waals surface area contributed by atoms with E-state index in [0.29, 0.717) is 31.9 Å². The Balaban J connectivity index is 1.68. The highest BCUT2D eigenvalue weighted by molar-refractivity contribution is 5.88. The van der Waals surface area contributed by atoms with E-state index in [-0.39, 0.29) is 18.2 Å². The highest BCUT2D eigenvalue weighted by Crippen LogP contribution is 2.22. The fourth-order valence-electron chi connectivity index (χ4n) is 3.29. The molecule has 28 heavy (non-hydrogen) atoms.